The molecular weight excluding hydrogens is 411 g/mol. The van der Waals surface area contributed by atoms with Gasteiger partial charge in [-0.3, -0.25) is 14.5 Å². The number of hydrogen-bond donors (Lipinski definition) is 1. The molecule has 0 bridgehead atoms. The SMILES string of the molecule is CC[C@@H](C(=O)Nc1ccc([C@H]2SCC(=O)N2c2ccc(F)cc2)cc1)c1ccccc1. The first-order valence-electron chi connectivity index (χ1n) is 10.2. The number of hydrogen-bond acceptors (Lipinski definition) is 3. The molecule has 1 saturated heterocycles. The highest BCUT2D eigenvalue weighted by Crippen LogP contribution is 2.42. The van der Waals surface area contributed by atoms with Crippen LogP contribution in [0.2, 0.25) is 0 Å². The van der Waals surface area contributed by atoms with E-state index in [1.54, 1.807) is 17.0 Å². The Morgan fingerprint density at radius 1 is 1.06 bits per heavy atom. The molecule has 2 amide bonds. The number of anilines is 2. The van der Waals surface area contributed by atoms with Crippen LogP contribution in [0.1, 0.15) is 35.8 Å². The van der Waals surface area contributed by atoms with Gasteiger partial charge >= 0.3 is 0 Å². The van der Waals surface area contributed by atoms with Gasteiger partial charge in [0.15, 0.2) is 0 Å². The van der Waals surface area contributed by atoms with Crippen molar-refractivity contribution in [2.24, 2.45) is 0 Å². The predicted octanol–water partition coefficient (Wildman–Crippen LogP) is 5.74. The summed E-state index contributed by atoms with van der Waals surface area (Å²) < 4.78 is 13.3. The van der Waals surface area contributed by atoms with E-state index in [1.165, 1.54) is 23.9 Å². The van der Waals surface area contributed by atoms with Gasteiger partial charge in [0, 0.05) is 11.4 Å². The summed E-state index contributed by atoms with van der Waals surface area (Å²) in [6, 6.07) is 23.3. The smallest absolute Gasteiger partial charge is 0.238 e. The summed E-state index contributed by atoms with van der Waals surface area (Å²) in [6.45, 7) is 2.00. The Bertz CT molecular complexity index is 1060. The van der Waals surface area contributed by atoms with Gasteiger partial charge in [0.1, 0.15) is 11.2 Å². The number of halogens is 1. The van der Waals surface area contributed by atoms with Crippen molar-refractivity contribution < 1.29 is 14.0 Å². The fourth-order valence-corrected chi connectivity index (χ4v) is 4.95. The van der Waals surface area contributed by atoms with Crippen LogP contribution in [-0.2, 0) is 9.59 Å². The zero-order chi connectivity index (χ0) is 21.8. The third-order valence-electron chi connectivity index (χ3n) is 5.36. The molecule has 0 spiro atoms. The lowest BCUT2D eigenvalue weighted by Gasteiger charge is -2.24. The van der Waals surface area contributed by atoms with Crippen LogP contribution in [0.3, 0.4) is 0 Å². The topological polar surface area (TPSA) is 49.4 Å². The number of amides is 2. The fraction of sp³-hybridized carbons (Fsp3) is 0.200. The van der Waals surface area contributed by atoms with Gasteiger partial charge in [-0.05, 0) is 53.9 Å². The van der Waals surface area contributed by atoms with Crippen molar-refractivity contribution in [3.63, 3.8) is 0 Å². The summed E-state index contributed by atoms with van der Waals surface area (Å²) in [5, 5.41) is 2.81. The maximum Gasteiger partial charge on any atom is 0.238 e. The second-order valence-electron chi connectivity index (χ2n) is 7.39. The lowest BCUT2D eigenvalue weighted by atomic mass is 9.95. The number of nitrogens with zero attached hydrogens (tertiary/aromatic N) is 1. The van der Waals surface area contributed by atoms with E-state index in [9.17, 15) is 14.0 Å². The summed E-state index contributed by atoms with van der Waals surface area (Å²) >= 11 is 1.53. The highest BCUT2D eigenvalue weighted by Gasteiger charge is 2.34. The number of carbonyl (C=O) groups is 2. The molecular formula is C25H23FN2O2S. The van der Waals surface area contributed by atoms with E-state index in [0.29, 0.717) is 23.5 Å². The second-order valence-corrected chi connectivity index (χ2v) is 8.45. The quantitative estimate of drug-likeness (QED) is 0.538. The zero-order valence-electron chi connectivity index (χ0n) is 17.1. The Morgan fingerprint density at radius 3 is 2.39 bits per heavy atom. The average molecular weight is 435 g/mol. The van der Waals surface area contributed by atoms with Gasteiger partial charge in [-0.2, -0.15) is 0 Å². The summed E-state index contributed by atoms with van der Waals surface area (Å²) in [6.07, 6.45) is 0.710. The summed E-state index contributed by atoms with van der Waals surface area (Å²) in [4.78, 5) is 26.9. The van der Waals surface area contributed by atoms with E-state index >= 15 is 0 Å². The molecule has 1 heterocycles. The molecule has 0 aromatic heterocycles. The van der Waals surface area contributed by atoms with Crippen LogP contribution in [0.25, 0.3) is 0 Å². The highest BCUT2D eigenvalue weighted by atomic mass is 32.2. The molecule has 6 heteroatoms. The van der Waals surface area contributed by atoms with Crippen molar-refractivity contribution >= 4 is 35.0 Å². The largest absolute Gasteiger partial charge is 0.326 e. The Kier molecular flexibility index (Phi) is 6.37. The van der Waals surface area contributed by atoms with E-state index in [0.717, 1.165) is 11.1 Å². The molecule has 0 radical (unpaired) electrons. The number of rotatable bonds is 6. The maximum absolute atomic E-state index is 13.3. The molecule has 2 atom stereocenters. The van der Waals surface area contributed by atoms with Crippen LogP contribution >= 0.6 is 11.8 Å². The number of nitrogens with one attached hydrogen (secondary N) is 1. The van der Waals surface area contributed by atoms with Crippen LogP contribution in [0.4, 0.5) is 15.8 Å². The normalized spacial score (nSPS) is 16.9. The molecule has 31 heavy (non-hydrogen) atoms. The lowest BCUT2D eigenvalue weighted by molar-refractivity contribution is -0.118. The van der Waals surface area contributed by atoms with Crippen LogP contribution in [0, 0.1) is 5.82 Å². The van der Waals surface area contributed by atoms with Crippen LogP contribution in [0.15, 0.2) is 78.9 Å². The third-order valence-corrected chi connectivity index (χ3v) is 6.58. The van der Waals surface area contributed by atoms with Gasteiger partial charge in [0.05, 0.1) is 11.7 Å². The zero-order valence-corrected chi connectivity index (χ0v) is 17.9. The Balaban J connectivity index is 1.49. The Labute approximate surface area is 185 Å². The molecule has 1 aliphatic rings. The molecule has 3 aromatic rings. The van der Waals surface area contributed by atoms with E-state index < -0.39 is 0 Å². The van der Waals surface area contributed by atoms with Crippen molar-refractivity contribution in [3.8, 4) is 0 Å². The second kappa shape index (κ2) is 9.35. The van der Waals surface area contributed by atoms with Crippen molar-refractivity contribution in [1.82, 2.24) is 0 Å². The van der Waals surface area contributed by atoms with Crippen molar-refractivity contribution in [1.29, 1.82) is 0 Å². The molecule has 4 nitrogen and oxygen atoms in total. The molecule has 1 aliphatic heterocycles. The Hall–Kier alpha value is -3.12. The van der Waals surface area contributed by atoms with Crippen molar-refractivity contribution in [2.75, 3.05) is 16.0 Å². The molecule has 4 rings (SSSR count). The van der Waals surface area contributed by atoms with Gasteiger partial charge in [-0.1, -0.05) is 49.4 Å². The maximum atomic E-state index is 13.3. The van der Waals surface area contributed by atoms with E-state index in [4.69, 9.17) is 0 Å². The first-order chi connectivity index (χ1) is 15.1. The molecule has 3 aromatic carbocycles. The minimum absolute atomic E-state index is 0.00682. The number of carbonyl (C=O) groups excluding carboxylic acids is 2. The van der Waals surface area contributed by atoms with E-state index in [1.807, 2.05) is 61.5 Å². The first kappa shape index (κ1) is 21.1. The van der Waals surface area contributed by atoms with Crippen LogP contribution < -0.4 is 10.2 Å². The molecule has 1 fully saturated rings. The van der Waals surface area contributed by atoms with Gasteiger partial charge in [-0.25, -0.2) is 4.39 Å². The summed E-state index contributed by atoms with van der Waals surface area (Å²) in [5.74, 6) is -0.221. The number of thioether (sulfide) groups is 1. The van der Waals surface area contributed by atoms with E-state index in [-0.39, 0.29) is 28.9 Å². The summed E-state index contributed by atoms with van der Waals surface area (Å²) in [7, 11) is 0. The lowest BCUT2D eigenvalue weighted by Crippen LogP contribution is -2.27. The standard InChI is InChI=1S/C25H23FN2O2S/c1-2-22(17-6-4-3-5-7-17)24(30)27-20-12-8-18(9-13-20)25-28(23(29)16-31-25)21-14-10-19(26)11-15-21/h3-15,22,25H,2,16H2,1H3,(H,27,30)/t22-,25-/m1/s1. The van der Waals surface area contributed by atoms with Crippen LogP contribution in [0.5, 0.6) is 0 Å². The van der Waals surface area contributed by atoms with Crippen LogP contribution in [-0.4, -0.2) is 17.6 Å². The average Bonchev–Trinajstić information content (AvgIpc) is 3.17. The van der Waals surface area contributed by atoms with Crippen molar-refractivity contribution in [2.45, 2.75) is 24.6 Å². The molecule has 0 unspecified atom stereocenters. The first-order valence-corrected chi connectivity index (χ1v) is 11.3. The minimum Gasteiger partial charge on any atom is -0.326 e. The predicted molar refractivity (Wildman–Crippen MR) is 124 cm³/mol. The van der Waals surface area contributed by atoms with Gasteiger partial charge in [0.25, 0.3) is 0 Å². The third kappa shape index (κ3) is 4.64. The molecule has 0 saturated carbocycles. The fourth-order valence-electron chi connectivity index (χ4n) is 3.77. The van der Waals surface area contributed by atoms with Crippen molar-refractivity contribution in [3.05, 3.63) is 95.8 Å². The van der Waals surface area contributed by atoms with Gasteiger partial charge in [-0.15, -0.1) is 11.8 Å². The van der Waals surface area contributed by atoms with Gasteiger partial charge < -0.3 is 5.32 Å². The highest BCUT2D eigenvalue weighted by molar-refractivity contribution is 8.00. The summed E-state index contributed by atoms with van der Waals surface area (Å²) in [5.41, 5.74) is 3.33. The monoisotopic (exact) mass is 434 g/mol. The minimum atomic E-state index is -0.333. The van der Waals surface area contributed by atoms with E-state index in [2.05, 4.69) is 5.32 Å². The number of benzene rings is 3. The molecule has 0 aliphatic carbocycles. The van der Waals surface area contributed by atoms with Gasteiger partial charge in [0.2, 0.25) is 11.8 Å². The molecule has 158 valence electrons. The Morgan fingerprint density at radius 2 is 1.74 bits per heavy atom. The molecule has 1 N–H and O–H groups in total.